The minimum atomic E-state index is -0.343. The number of ether oxygens (including phenoxy) is 1. The molecule has 0 heterocycles. The first-order valence-electron chi connectivity index (χ1n) is 7.99. The molecule has 1 unspecified atom stereocenters. The Morgan fingerprint density at radius 1 is 1.28 bits per heavy atom. The Morgan fingerprint density at radius 3 is 2.60 bits per heavy atom. The number of benzene rings is 2. The van der Waals surface area contributed by atoms with Gasteiger partial charge in [-0.3, -0.25) is 4.79 Å². The van der Waals surface area contributed by atoms with Gasteiger partial charge in [-0.1, -0.05) is 36.7 Å². The van der Waals surface area contributed by atoms with E-state index in [0.717, 1.165) is 17.7 Å². The number of thioether (sulfide) groups is 1. The van der Waals surface area contributed by atoms with E-state index in [1.54, 1.807) is 19.2 Å². The standard InChI is InChI=1S/C19H21ClFNO2S/c1-3-18(13-7-9-14(24-2)10-8-13)22-19(23)12-25-11-15-16(20)5-4-6-17(15)21/h4-10,18H,3,11-12H2,1-2H3,(H,22,23). The van der Waals surface area contributed by atoms with Gasteiger partial charge in [0.2, 0.25) is 5.91 Å². The predicted molar refractivity (Wildman–Crippen MR) is 102 cm³/mol. The van der Waals surface area contributed by atoms with Crippen LogP contribution >= 0.6 is 23.4 Å². The highest BCUT2D eigenvalue weighted by Gasteiger charge is 2.14. The lowest BCUT2D eigenvalue weighted by Gasteiger charge is -2.18. The number of methoxy groups -OCH3 is 1. The molecule has 1 N–H and O–H groups in total. The van der Waals surface area contributed by atoms with Crippen molar-refractivity contribution in [1.29, 1.82) is 0 Å². The van der Waals surface area contributed by atoms with Crippen LogP contribution in [0.3, 0.4) is 0 Å². The minimum absolute atomic E-state index is 0.0592. The molecule has 2 aromatic rings. The Labute approximate surface area is 156 Å². The van der Waals surface area contributed by atoms with E-state index in [4.69, 9.17) is 16.3 Å². The first kappa shape index (κ1) is 19.6. The van der Waals surface area contributed by atoms with Crippen molar-refractivity contribution in [3.63, 3.8) is 0 Å². The number of rotatable bonds is 8. The zero-order valence-corrected chi connectivity index (χ0v) is 15.8. The lowest BCUT2D eigenvalue weighted by molar-refractivity contribution is -0.119. The van der Waals surface area contributed by atoms with E-state index >= 15 is 0 Å². The number of carbonyl (C=O) groups excluding carboxylic acids is 1. The van der Waals surface area contributed by atoms with Gasteiger partial charge in [0.25, 0.3) is 0 Å². The van der Waals surface area contributed by atoms with Gasteiger partial charge in [0.15, 0.2) is 0 Å². The van der Waals surface area contributed by atoms with Crippen molar-refractivity contribution in [3.8, 4) is 5.75 Å². The molecule has 134 valence electrons. The molecule has 2 aromatic carbocycles. The summed E-state index contributed by atoms with van der Waals surface area (Å²) in [6.45, 7) is 2.02. The van der Waals surface area contributed by atoms with Crippen LogP contribution in [0.5, 0.6) is 5.75 Å². The van der Waals surface area contributed by atoms with Crippen LogP contribution in [0.1, 0.15) is 30.5 Å². The lowest BCUT2D eigenvalue weighted by Crippen LogP contribution is -2.29. The average molecular weight is 382 g/mol. The third kappa shape index (κ3) is 5.65. The molecule has 0 aliphatic heterocycles. The van der Waals surface area contributed by atoms with Gasteiger partial charge in [-0.05, 0) is 36.2 Å². The highest BCUT2D eigenvalue weighted by molar-refractivity contribution is 7.99. The van der Waals surface area contributed by atoms with E-state index in [1.807, 2.05) is 31.2 Å². The van der Waals surface area contributed by atoms with Gasteiger partial charge in [-0.15, -0.1) is 11.8 Å². The average Bonchev–Trinajstić information content (AvgIpc) is 2.62. The van der Waals surface area contributed by atoms with Crippen molar-refractivity contribution in [3.05, 3.63) is 64.4 Å². The fraction of sp³-hybridized carbons (Fsp3) is 0.316. The molecule has 2 rings (SSSR count). The first-order chi connectivity index (χ1) is 12.0. The molecule has 0 bridgehead atoms. The summed E-state index contributed by atoms with van der Waals surface area (Å²) in [4.78, 5) is 12.2. The summed E-state index contributed by atoms with van der Waals surface area (Å²) in [6, 6.07) is 12.2. The molecule has 0 spiro atoms. The number of carbonyl (C=O) groups is 1. The van der Waals surface area contributed by atoms with Crippen LogP contribution in [0, 0.1) is 5.82 Å². The maximum atomic E-state index is 13.7. The van der Waals surface area contributed by atoms with E-state index < -0.39 is 0 Å². The fourth-order valence-electron chi connectivity index (χ4n) is 2.41. The molecule has 25 heavy (non-hydrogen) atoms. The van der Waals surface area contributed by atoms with Crippen LogP contribution in [0.15, 0.2) is 42.5 Å². The number of hydrogen-bond acceptors (Lipinski definition) is 3. The van der Waals surface area contributed by atoms with E-state index in [1.165, 1.54) is 17.8 Å². The predicted octanol–water partition coefficient (Wildman–Crippen LogP) is 4.99. The Kier molecular flexibility index (Phi) is 7.59. The van der Waals surface area contributed by atoms with E-state index in [9.17, 15) is 9.18 Å². The molecular weight excluding hydrogens is 361 g/mol. The Balaban J connectivity index is 1.87. The van der Waals surface area contributed by atoms with Gasteiger partial charge in [0.05, 0.1) is 18.9 Å². The van der Waals surface area contributed by atoms with Crippen LogP contribution in [-0.2, 0) is 10.5 Å². The molecule has 0 aromatic heterocycles. The molecular formula is C19H21ClFNO2S. The van der Waals surface area contributed by atoms with Gasteiger partial charge in [0, 0.05) is 16.3 Å². The van der Waals surface area contributed by atoms with Crippen LogP contribution in [0.2, 0.25) is 5.02 Å². The monoisotopic (exact) mass is 381 g/mol. The quantitative estimate of drug-likeness (QED) is 0.700. The fourth-order valence-corrected chi connectivity index (χ4v) is 3.59. The molecule has 1 atom stereocenters. The van der Waals surface area contributed by atoms with Crippen LogP contribution in [0.4, 0.5) is 4.39 Å². The molecule has 0 saturated carbocycles. The largest absolute Gasteiger partial charge is 0.497 e. The molecule has 3 nitrogen and oxygen atoms in total. The third-order valence-electron chi connectivity index (χ3n) is 3.80. The van der Waals surface area contributed by atoms with Gasteiger partial charge in [-0.2, -0.15) is 0 Å². The normalized spacial score (nSPS) is 11.8. The number of hydrogen-bond donors (Lipinski definition) is 1. The summed E-state index contributed by atoms with van der Waals surface area (Å²) in [5.41, 5.74) is 1.46. The van der Waals surface area contributed by atoms with E-state index in [-0.39, 0.29) is 23.5 Å². The van der Waals surface area contributed by atoms with Crippen molar-refractivity contribution in [2.24, 2.45) is 0 Å². The minimum Gasteiger partial charge on any atom is -0.497 e. The summed E-state index contributed by atoms with van der Waals surface area (Å²) in [5, 5.41) is 3.40. The highest BCUT2D eigenvalue weighted by atomic mass is 35.5. The summed E-state index contributed by atoms with van der Waals surface area (Å²) in [6.07, 6.45) is 0.780. The molecule has 0 aliphatic carbocycles. The zero-order valence-electron chi connectivity index (χ0n) is 14.2. The Bertz CT molecular complexity index is 689. The molecule has 0 aliphatic rings. The van der Waals surface area contributed by atoms with E-state index in [2.05, 4.69) is 5.32 Å². The maximum Gasteiger partial charge on any atom is 0.230 e. The first-order valence-corrected chi connectivity index (χ1v) is 9.52. The lowest BCUT2D eigenvalue weighted by atomic mass is 10.0. The summed E-state index contributed by atoms with van der Waals surface area (Å²) in [7, 11) is 1.62. The number of nitrogens with one attached hydrogen (secondary N) is 1. The second-order valence-electron chi connectivity index (χ2n) is 5.49. The van der Waals surface area contributed by atoms with Crippen molar-refractivity contribution in [1.82, 2.24) is 5.32 Å². The van der Waals surface area contributed by atoms with Crippen molar-refractivity contribution in [2.45, 2.75) is 25.1 Å². The highest BCUT2D eigenvalue weighted by Crippen LogP contribution is 2.24. The summed E-state index contributed by atoms with van der Waals surface area (Å²) in [5.74, 6) is 0.961. The van der Waals surface area contributed by atoms with Gasteiger partial charge >= 0.3 is 0 Å². The molecule has 1 amide bonds. The summed E-state index contributed by atoms with van der Waals surface area (Å²) < 4.78 is 18.9. The number of amides is 1. The van der Waals surface area contributed by atoms with Crippen molar-refractivity contribution >= 4 is 29.3 Å². The Hall–Kier alpha value is -1.72. The maximum absolute atomic E-state index is 13.7. The SMILES string of the molecule is CCC(NC(=O)CSCc1c(F)cccc1Cl)c1ccc(OC)cc1. The Morgan fingerprint density at radius 2 is 2.00 bits per heavy atom. The van der Waals surface area contributed by atoms with Crippen molar-refractivity contribution < 1.29 is 13.9 Å². The third-order valence-corrected chi connectivity index (χ3v) is 5.12. The second-order valence-corrected chi connectivity index (χ2v) is 6.89. The van der Waals surface area contributed by atoms with E-state index in [0.29, 0.717) is 16.3 Å². The molecule has 0 fully saturated rings. The van der Waals surface area contributed by atoms with Crippen LogP contribution < -0.4 is 10.1 Å². The topological polar surface area (TPSA) is 38.3 Å². The van der Waals surface area contributed by atoms with Gasteiger partial charge in [0.1, 0.15) is 11.6 Å². The molecule has 6 heteroatoms. The number of halogens is 2. The van der Waals surface area contributed by atoms with Crippen LogP contribution in [0.25, 0.3) is 0 Å². The second kappa shape index (κ2) is 9.68. The molecule has 0 saturated heterocycles. The molecule has 0 radical (unpaired) electrons. The van der Waals surface area contributed by atoms with Crippen molar-refractivity contribution in [2.75, 3.05) is 12.9 Å². The van der Waals surface area contributed by atoms with Gasteiger partial charge in [-0.25, -0.2) is 4.39 Å². The smallest absolute Gasteiger partial charge is 0.230 e. The van der Waals surface area contributed by atoms with Crippen LogP contribution in [-0.4, -0.2) is 18.8 Å². The van der Waals surface area contributed by atoms with Gasteiger partial charge < -0.3 is 10.1 Å². The summed E-state index contributed by atoms with van der Waals surface area (Å²) >= 11 is 7.33. The zero-order chi connectivity index (χ0) is 18.2.